The second-order valence-electron chi connectivity index (χ2n) is 4.45. The Bertz CT molecular complexity index is 418. The molecule has 1 aromatic heterocycles. The minimum absolute atomic E-state index is 0.168. The molecule has 0 saturated carbocycles. The molecule has 0 N–H and O–H groups in total. The molecule has 0 fully saturated rings. The number of ether oxygens (including phenoxy) is 1. The van der Waals surface area contributed by atoms with Crippen LogP contribution in [0.1, 0.15) is 27.2 Å². The topological polar surface area (TPSA) is 61.2 Å². The third-order valence-corrected chi connectivity index (χ3v) is 1.77. The van der Waals surface area contributed by atoms with Gasteiger partial charge in [0.05, 0.1) is 12.7 Å². The first-order chi connectivity index (χ1) is 7.38. The van der Waals surface area contributed by atoms with Gasteiger partial charge in [-0.15, -0.1) is 0 Å². The summed E-state index contributed by atoms with van der Waals surface area (Å²) < 4.78 is 6.50. The van der Waals surface area contributed by atoms with Crippen LogP contribution in [0.15, 0.2) is 23.4 Å². The molecule has 1 aromatic rings. The van der Waals surface area contributed by atoms with Crippen LogP contribution in [0.4, 0.5) is 0 Å². The number of carbonyl (C=O) groups excluding carboxylic acids is 1. The lowest BCUT2D eigenvalue weighted by Gasteiger charge is -2.19. The van der Waals surface area contributed by atoms with Crippen molar-refractivity contribution in [3.05, 3.63) is 28.9 Å². The number of esters is 1. The van der Waals surface area contributed by atoms with Crippen LogP contribution in [0.25, 0.3) is 0 Å². The Balaban J connectivity index is 2.50. The molecule has 0 unspecified atom stereocenters. The van der Waals surface area contributed by atoms with Gasteiger partial charge in [0.25, 0.3) is 5.56 Å². The SMILES string of the molecule is CC(C)(C)OC(=O)CCn1cnccc1=O. The van der Waals surface area contributed by atoms with Crippen molar-refractivity contribution in [2.45, 2.75) is 39.3 Å². The van der Waals surface area contributed by atoms with Gasteiger partial charge >= 0.3 is 5.97 Å². The predicted octanol–water partition coefficient (Wildman–Crippen LogP) is 0.975. The van der Waals surface area contributed by atoms with E-state index >= 15 is 0 Å². The molecule has 88 valence electrons. The van der Waals surface area contributed by atoms with E-state index in [1.165, 1.54) is 23.2 Å². The number of aryl methyl sites for hydroxylation is 1. The molecular weight excluding hydrogens is 208 g/mol. The lowest BCUT2D eigenvalue weighted by Crippen LogP contribution is -2.26. The van der Waals surface area contributed by atoms with Crippen LogP contribution in [0.3, 0.4) is 0 Å². The molecule has 1 heterocycles. The Morgan fingerprint density at radius 3 is 2.75 bits per heavy atom. The largest absolute Gasteiger partial charge is 0.460 e. The molecule has 5 nitrogen and oxygen atoms in total. The quantitative estimate of drug-likeness (QED) is 0.718. The number of rotatable bonds is 3. The maximum Gasteiger partial charge on any atom is 0.308 e. The van der Waals surface area contributed by atoms with E-state index in [1.54, 1.807) is 20.8 Å². The van der Waals surface area contributed by atoms with Crippen LogP contribution in [0.2, 0.25) is 0 Å². The van der Waals surface area contributed by atoms with E-state index in [1.807, 2.05) is 0 Å². The third kappa shape index (κ3) is 4.25. The van der Waals surface area contributed by atoms with E-state index < -0.39 is 5.60 Å². The molecule has 0 aromatic carbocycles. The monoisotopic (exact) mass is 224 g/mol. The Labute approximate surface area is 94.1 Å². The number of aromatic nitrogens is 2. The van der Waals surface area contributed by atoms with Crippen LogP contribution >= 0.6 is 0 Å². The van der Waals surface area contributed by atoms with Crippen LogP contribution < -0.4 is 5.56 Å². The summed E-state index contributed by atoms with van der Waals surface area (Å²) in [6, 6.07) is 1.36. The zero-order chi connectivity index (χ0) is 12.2. The number of nitrogens with zero attached hydrogens (tertiary/aromatic N) is 2. The van der Waals surface area contributed by atoms with E-state index in [2.05, 4.69) is 4.98 Å². The smallest absolute Gasteiger partial charge is 0.308 e. The molecule has 0 spiro atoms. The van der Waals surface area contributed by atoms with Gasteiger partial charge in [-0.25, -0.2) is 4.98 Å². The molecule has 0 radical (unpaired) electrons. The average molecular weight is 224 g/mol. The maximum atomic E-state index is 11.4. The summed E-state index contributed by atoms with van der Waals surface area (Å²) in [6.45, 7) is 5.71. The summed E-state index contributed by atoms with van der Waals surface area (Å²) in [6.07, 6.45) is 3.00. The Morgan fingerprint density at radius 2 is 2.19 bits per heavy atom. The standard InChI is InChI=1S/C11H16N2O3/c1-11(2,3)16-10(15)5-7-13-8-12-6-4-9(13)14/h4,6,8H,5,7H2,1-3H3. The number of carbonyl (C=O) groups is 1. The Morgan fingerprint density at radius 1 is 1.50 bits per heavy atom. The lowest BCUT2D eigenvalue weighted by molar-refractivity contribution is -0.155. The third-order valence-electron chi connectivity index (χ3n) is 1.77. The van der Waals surface area contributed by atoms with E-state index in [9.17, 15) is 9.59 Å². The van der Waals surface area contributed by atoms with Crippen LogP contribution in [0.5, 0.6) is 0 Å². The van der Waals surface area contributed by atoms with Crippen LogP contribution in [0, 0.1) is 0 Å². The average Bonchev–Trinajstić information content (AvgIpc) is 2.14. The van der Waals surface area contributed by atoms with E-state index in [0.29, 0.717) is 6.54 Å². The zero-order valence-corrected chi connectivity index (χ0v) is 9.77. The Kier molecular flexibility index (Phi) is 3.82. The molecule has 0 atom stereocenters. The van der Waals surface area contributed by atoms with Crippen molar-refractivity contribution < 1.29 is 9.53 Å². The highest BCUT2D eigenvalue weighted by molar-refractivity contribution is 5.69. The molecular formula is C11H16N2O3. The summed E-state index contributed by atoms with van der Waals surface area (Å²) >= 11 is 0. The fourth-order valence-electron chi connectivity index (χ4n) is 1.15. The first-order valence-electron chi connectivity index (χ1n) is 5.11. The first-order valence-corrected chi connectivity index (χ1v) is 5.11. The highest BCUT2D eigenvalue weighted by Gasteiger charge is 2.15. The predicted molar refractivity (Wildman–Crippen MR) is 59.0 cm³/mol. The van der Waals surface area contributed by atoms with Crippen molar-refractivity contribution in [3.8, 4) is 0 Å². The number of hydrogen-bond donors (Lipinski definition) is 0. The van der Waals surface area contributed by atoms with Gasteiger partial charge in [-0.2, -0.15) is 0 Å². The van der Waals surface area contributed by atoms with Gasteiger partial charge in [-0.05, 0) is 20.8 Å². The summed E-state index contributed by atoms with van der Waals surface area (Å²) in [5.74, 6) is -0.316. The van der Waals surface area contributed by atoms with Crippen LogP contribution in [-0.2, 0) is 16.1 Å². The van der Waals surface area contributed by atoms with Gasteiger partial charge in [-0.1, -0.05) is 0 Å². The van der Waals surface area contributed by atoms with Crippen molar-refractivity contribution in [3.63, 3.8) is 0 Å². The summed E-state index contributed by atoms with van der Waals surface area (Å²) in [7, 11) is 0. The molecule has 0 aliphatic heterocycles. The van der Waals surface area contributed by atoms with Crippen molar-refractivity contribution in [1.29, 1.82) is 0 Å². The fraction of sp³-hybridized carbons (Fsp3) is 0.545. The normalized spacial score (nSPS) is 11.2. The summed E-state index contributed by atoms with van der Waals surface area (Å²) in [5, 5.41) is 0. The Hall–Kier alpha value is -1.65. The van der Waals surface area contributed by atoms with Gasteiger partial charge in [0.15, 0.2) is 0 Å². The van der Waals surface area contributed by atoms with Crippen molar-refractivity contribution in [2.24, 2.45) is 0 Å². The second kappa shape index (κ2) is 4.92. The highest BCUT2D eigenvalue weighted by atomic mass is 16.6. The van der Waals surface area contributed by atoms with Gasteiger partial charge in [-0.3, -0.25) is 14.2 Å². The van der Waals surface area contributed by atoms with E-state index in [-0.39, 0.29) is 17.9 Å². The van der Waals surface area contributed by atoms with Crippen LogP contribution in [-0.4, -0.2) is 21.1 Å². The minimum atomic E-state index is -0.489. The van der Waals surface area contributed by atoms with Crippen molar-refractivity contribution in [1.82, 2.24) is 9.55 Å². The van der Waals surface area contributed by atoms with E-state index in [0.717, 1.165) is 0 Å². The second-order valence-corrected chi connectivity index (χ2v) is 4.45. The molecule has 1 rings (SSSR count). The zero-order valence-electron chi connectivity index (χ0n) is 9.77. The fourth-order valence-corrected chi connectivity index (χ4v) is 1.15. The van der Waals surface area contributed by atoms with Gasteiger partial charge in [0.2, 0.25) is 0 Å². The molecule has 0 amide bonds. The minimum Gasteiger partial charge on any atom is -0.460 e. The molecule has 5 heteroatoms. The number of hydrogen-bond acceptors (Lipinski definition) is 4. The molecule has 0 saturated heterocycles. The maximum absolute atomic E-state index is 11.4. The van der Waals surface area contributed by atoms with Crippen molar-refractivity contribution in [2.75, 3.05) is 0 Å². The lowest BCUT2D eigenvalue weighted by atomic mass is 10.2. The molecule has 0 aliphatic rings. The summed E-state index contributed by atoms with van der Waals surface area (Å²) in [5.41, 5.74) is -0.657. The highest BCUT2D eigenvalue weighted by Crippen LogP contribution is 2.08. The van der Waals surface area contributed by atoms with Crippen molar-refractivity contribution >= 4 is 5.97 Å². The van der Waals surface area contributed by atoms with Gasteiger partial charge in [0, 0.05) is 18.8 Å². The molecule has 0 bridgehead atoms. The summed E-state index contributed by atoms with van der Waals surface area (Å²) in [4.78, 5) is 26.5. The molecule has 16 heavy (non-hydrogen) atoms. The molecule has 0 aliphatic carbocycles. The van der Waals surface area contributed by atoms with Gasteiger partial charge < -0.3 is 4.74 Å². The van der Waals surface area contributed by atoms with Gasteiger partial charge in [0.1, 0.15) is 5.60 Å². The van der Waals surface area contributed by atoms with E-state index in [4.69, 9.17) is 4.74 Å². The first kappa shape index (κ1) is 12.4.